The van der Waals surface area contributed by atoms with E-state index in [1.807, 2.05) is 61.7 Å². The number of urea groups is 1. The fraction of sp³-hybridized carbons (Fsp3) is 0.320. The van der Waals surface area contributed by atoms with Gasteiger partial charge in [0.15, 0.2) is 0 Å². The van der Waals surface area contributed by atoms with Crippen LogP contribution in [0.25, 0.3) is 10.9 Å². The van der Waals surface area contributed by atoms with Crippen LogP contribution < -0.4 is 15.4 Å². The summed E-state index contributed by atoms with van der Waals surface area (Å²) < 4.78 is 5.28. The summed E-state index contributed by atoms with van der Waals surface area (Å²) in [6, 6.07) is 15.2. The Morgan fingerprint density at radius 2 is 1.88 bits per heavy atom. The minimum absolute atomic E-state index is 0.139. The predicted octanol–water partition coefficient (Wildman–Crippen LogP) is 3.15. The SMILES string of the molecule is CCC1(C)NC(=O)N(CC(=O)NCC(c2ccc(OC)cc2)c2c[nH]c3ccccc23)C1=O. The maximum Gasteiger partial charge on any atom is 0.325 e. The summed E-state index contributed by atoms with van der Waals surface area (Å²) in [6.45, 7) is 3.48. The van der Waals surface area contributed by atoms with Crippen molar-refractivity contribution < 1.29 is 19.1 Å². The number of nitrogens with zero attached hydrogens (tertiary/aromatic N) is 1. The lowest BCUT2D eigenvalue weighted by Gasteiger charge is -2.21. The highest BCUT2D eigenvalue weighted by Crippen LogP contribution is 2.31. The topological polar surface area (TPSA) is 104 Å². The zero-order valence-corrected chi connectivity index (χ0v) is 19.0. The van der Waals surface area contributed by atoms with Crippen LogP contribution in [0.5, 0.6) is 5.75 Å². The van der Waals surface area contributed by atoms with Gasteiger partial charge in [-0.3, -0.25) is 14.5 Å². The zero-order chi connectivity index (χ0) is 23.6. The second-order valence-electron chi connectivity index (χ2n) is 8.43. The van der Waals surface area contributed by atoms with Gasteiger partial charge in [0.05, 0.1) is 7.11 Å². The number of aromatic nitrogens is 1. The van der Waals surface area contributed by atoms with Gasteiger partial charge in [0, 0.05) is 29.6 Å². The average Bonchev–Trinajstić information content (AvgIpc) is 3.34. The van der Waals surface area contributed by atoms with Crippen LogP contribution in [-0.2, 0) is 9.59 Å². The number of ether oxygens (including phenoxy) is 1. The Kier molecular flexibility index (Phi) is 6.09. The molecular weight excluding hydrogens is 420 g/mol. The highest BCUT2D eigenvalue weighted by Gasteiger charge is 2.47. The van der Waals surface area contributed by atoms with Gasteiger partial charge in [-0.25, -0.2) is 4.79 Å². The summed E-state index contributed by atoms with van der Waals surface area (Å²) in [4.78, 5) is 41.9. The van der Waals surface area contributed by atoms with E-state index in [9.17, 15) is 14.4 Å². The number of hydrogen-bond donors (Lipinski definition) is 3. The second-order valence-corrected chi connectivity index (χ2v) is 8.43. The number of imide groups is 1. The van der Waals surface area contributed by atoms with Gasteiger partial charge in [-0.05, 0) is 42.7 Å². The fourth-order valence-electron chi connectivity index (χ4n) is 4.17. The number of hydrogen-bond acceptors (Lipinski definition) is 4. The third kappa shape index (κ3) is 4.28. The number of amides is 4. The molecule has 2 aromatic carbocycles. The number of aromatic amines is 1. The Bertz CT molecular complexity index is 1190. The number of nitrogens with one attached hydrogen (secondary N) is 3. The Balaban J connectivity index is 1.54. The first-order valence-electron chi connectivity index (χ1n) is 11.0. The van der Waals surface area contributed by atoms with Gasteiger partial charge in [0.1, 0.15) is 17.8 Å². The summed E-state index contributed by atoms with van der Waals surface area (Å²) in [5, 5.41) is 6.66. The zero-order valence-electron chi connectivity index (χ0n) is 19.0. The molecule has 8 nitrogen and oxygen atoms in total. The van der Waals surface area contributed by atoms with Gasteiger partial charge < -0.3 is 20.4 Å². The molecule has 1 aliphatic rings. The fourth-order valence-corrected chi connectivity index (χ4v) is 4.17. The Morgan fingerprint density at radius 3 is 2.55 bits per heavy atom. The summed E-state index contributed by atoms with van der Waals surface area (Å²) in [7, 11) is 1.62. The van der Waals surface area contributed by atoms with Crippen molar-refractivity contribution in [2.45, 2.75) is 31.7 Å². The lowest BCUT2D eigenvalue weighted by atomic mass is 9.90. The van der Waals surface area contributed by atoms with Crippen molar-refractivity contribution in [3.63, 3.8) is 0 Å². The minimum atomic E-state index is -0.965. The molecule has 4 rings (SSSR count). The minimum Gasteiger partial charge on any atom is -0.497 e. The molecule has 1 aliphatic heterocycles. The van der Waals surface area contributed by atoms with Gasteiger partial charge >= 0.3 is 6.03 Å². The molecule has 0 bridgehead atoms. The number of fused-ring (bicyclic) bond motifs is 1. The first-order valence-corrected chi connectivity index (χ1v) is 11.0. The highest BCUT2D eigenvalue weighted by atomic mass is 16.5. The van der Waals surface area contributed by atoms with Crippen LogP contribution >= 0.6 is 0 Å². The van der Waals surface area contributed by atoms with Crippen LogP contribution in [0.1, 0.15) is 37.3 Å². The molecule has 4 amide bonds. The standard InChI is InChI=1S/C25H28N4O4/c1-4-25(2)23(31)29(24(32)28-25)15-22(30)27-13-19(16-9-11-17(33-3)12-10-16)20-14-26-21-8-6-5-7-18(20)21/h5-12,14,19,26H,4,13,15H2,1-3H3,(H,27,30)(H,28,32). The smallest absolute Gasteiger partial charge is 0.325 e. The van der Waals surface area contributed by atoms with E-state index in [0.717, 1.165) is 32.7 Å². The molecule has 8 heteroatoms. The number of benzene rings is 2. The number of rotatable bonds is 8. The molecule has 2 heterocycles. The van der Waals surface area contributed by atoms with Crippen LogP contribution in [0.2, 0.25) is 0 Å². The molecular formula is C25H28N4O4. The molecule has 0 saturated carbocycles. The van der Waals surface area contributed by atoms with Crippen molar-refractivity contribution in [2.75, 3.05) is 20.2 Å². The van der Waals surface area contributed by atoms with E-state index in [0.29, 0.717) is 13.0 Å². The molecule has 1 aromatic heterocycles. The summed E-state index contributed by atoms with van der Waals surface area (Å²) in [5.74, 6) is -0.163. The molecule has 3 aromatic rings. The third-order valence-corrected chi connectivity index (χ3v) is 6.37. The monoisotopic (exact) mass is 448 g/mol. The molecule has 1 saturated heterocycles. The largest absolute Gasteiger partial charge is 0.497 e. The molecule has 33 heavy (non-hydrogen) atoms. The van der Waals surface area contributed by atoms with Crippen LogP contribution in [0.15, 0.2) is 54.7 Å². The molecule has 1 fully saturated rings. The Labute approximate surface area is 192 Å². The van der Waals surface area contributed by atoms with E-state index < -0.39 is 17.5 Å². The summed E-state index contributed by atoms with van der Waals surface area (Å²) >= 11 is 0. The number of methoxy groups -OCH3 is 1. The van der Waals surface area contributed by atoms with Gasteiger partial charge in [-0.1, -0.05) is 37.3 Å². The number of carbonyl (C=O) groups excluding carboxylic acids is 3. The van der Waals surface area contributed by atoms with Gasteiger partial charge in [0.25, 0.3) is 5.91 Å². The first kappa shape index (κ1) is 22.4. The maximum atomic E-state index is 12.7. The van der Waals surface area contributed by atoms with E-state index in [-0.39, 0.29) is 18.4 Å². The van der Waals surface area contributed by atoms with E-state index in [2.05, 4.69) is 15.6 Å². The van der Waals surface area contributed by atoms with Crippen molar-refractivity contribution in [1.82, 2.24) is 20.5 Å². The number of H-pyrrole nitrogens is 1. The van der Waals surface area contributed by atoms with Crippen LogP contribution in [0, 0.1) is 0 Å². The van der Waals surface area contributed by atoms with E-state index in [1.165, 1.54) is 0 Å². The van der Waals surface area contributed by atoms with Crippen molar-refractivity contribution >= 4 is 28.7 Å². The summed E-state index contributed by atoms with van der Waals surface area (Å²) in [5.41, 5.74) is 2.10. The lowest BCUT2D eigenvalue weighted by Crippen LogP contribution is -2.45. The summed E-state index contributed by atoms with van der Waals surface area (Å²) in [6.07, 6.45) is 2.41. The van der Waals surface area contributed by atoms with E-state index in [4.69, 9.17) is 4.74 Å². The molecule has 2 unspecified atom stereocenters. The van der Waals surface area contributed by atoms with Gasteiger partial charge in [-0.15, -0.1) is 0 Å². The number of para-hydroxylation sites is 1. The van der Waals surface area contributed by atoms with Crippen molar-refractivity contribution in [3.05, 3.63) is 65.9 Å². The third-order valence-electron chi connectivity index (χ3n) is 6.37. The van der Waals surface area contributed by atoms with Crippen LogP contribution in [-0.4, -0.2) is 53.5 Å². The first-order chi connectivity index (χ1) is 15.9. The van der Waals surface area contributed by atoms with Crippen LogP contribution in [0.4, 0.5) is 4.79 Å². The molecule has 0 aliphatic carbocycles. The molecule has 2 atom stereocenters. The maximum absolute atomic E-state index is 12.7. The number of carbonyl (C=O) groups is 3. The average molecular weight is 449 g/mol. The van der Waals surface area contributed by atoms with Gasteiger partial charge in [0.2, 0.25) is 5.91 Å². The molecule has 0 spiro atoms. The van der Waals surface area contributed by atoms with Gasteiger partial charge in [-0.2, -0.15) is 0 Å². The van der Waals surface area contributed by atoms with Crippen molar-refractivity contribution in [1.29, 1.82) is 0 Å². The van der Waals surface area contributed by atoms with Crippen molar-refractivity contribution in [3.8, 4) is 5.75 Å². The quantitative estimate of drug-likeness (QED) is 0.461. The molecule has 172 valence electrons. The predicted molar refractivity (Wildman–Crippen MR) is 125 cm³/mol. The van der Waals surface area contributed by atoms with E-state index >= 15 is 0 Å². The van der Waals surface area contributed by atoms with E-state index in [1.54, 1.807) is 14.0 Å². The van der Waals surface area contributed by atoms with Crippen molar-refractivity contribution in [2.24, 2.45) is 0 Å². The highest BCUT2D eigenvalue weighted by molar-refractivity contribution is 6.08. The second kappa shape index (κ2) is 8.97. The Morgan fingerprint density at radius 1 is 1.15 bits per heavy atom. The lowest BCUT2D eigenvalue weighted by molar-refractivity contribution is -0.134. The molecule has 0 radical (unpaired) electrons. The molecule has 3 N–H and O–H groups in total. The van der Waals surface area contributed by atoms with Crippen LogP contribution in [0.3, 0.4) is 0 Å². The Hall–Kier alpha value is -3.81. The normalized spacial score (nSPS) is 18.9.